The topological polar surface area (TPSA) is 132 Å². The molecule has 9 heteroatoms. The fourth-order valence-corrected chi connectivity index (χ4v) is 2.19. The SMILES string of the molecule is Cn1ncc2ncc(C(=O)NCCc3nc(N)cc(=O)[nH]3)cc21. The summed E-state index contributed by atoms with van der Waals surface area (Å²) >= 11 is 0. The Balaban J connectivity index is 1.66. The maximum atomic E-state index is 12.1. The van der Waals surface area contributed by atoms with Gasteiger partial charge in [-0.25, -0.2) is 4.98 Å². The number of carbonyl (C=O) groups excluding carboxylic acids is 1. The lowest BCUT2D eigenvalue weighted by Crippen LogP contribution is -2.27. The van der Waals surface area contributed by atoms with Crippen molar-refractivity contribution in [2.45, 2.75) is 6.42 Å². The smallest absolute Gasteiger partial charge is 0.252 e. The molecule has 0 aliphatic carbocycles. The number of aromatic nitrogens is 5. The summed E-state index contributed by atoms with van der Waals surface area (Å²) in [6.45, 7) is 0.314. The van der Waals surface area contributed by atoms with E-state index in [2.05, 4.69) is 25.4 Å². The first kappa shape index (κ1) is 14.7. The lowest BCUT2D eigenvalue weighted by Gasteiger charge is -2.05. The number of nitrogens with one attached hydrogen (secondary N) is 2. The first-order valence-corrected chi connectivity index (χ1v) is 6.94. The number of aromatic amines is 1. The fourth-order valence-electron chi connectivity index (χ4n) is 2.19. The van der Waals surface area contributed by atoms with Gasteiger partial charge < -0.3 is 16.0 Å². The molecule has 0 saturated heterocycles. The molecule has 0 aromatic carbocycles. The second-order valence-electron chi connectivity index (χ2n) is 5.02. The van der Waals surface area contributed by atoms with Crippen LogP contribution in [0.4, 0.5) is 5.82 Å². The molecule has 0 bridgehead atoms. The zero-order chi connectivity index (χ0) is 16.4. The molecule has 0 aliphatic rings. The number of anilines is 1. The molecule has 3 rings (SSSR count). The molecule has 0 unspecified atom stereocenters. The summed E-state index contributed by atoms with van der Waals surface area (Å²) in [4.78, 5) is 34.2. The molecule has 3 aromatic heterocycles. The Kier molecular flexibility index (Phi) is 3.75. The molecule has 0 saturated carbocycles. The second kappa shape index (κ2) is 5.87. The largest absolute Gasteiger partial charge is 0.383 e. The summed E-state index contributed by atoms with van der Waals surface area (Å²) in [5, 5.41) is 6.83. The zero-order valence-electron chi connectivity index (χ0n) is 12.4. The van der Waals surface area contributed by atoms with Crippen LogP contribution in [0.5, 0.6) is 0 Å². The van der Waals surface area contributed by atoms with Crippen molar-refractivity contribution in [3.8, 4) is 0 Å². The number of rotatable bonds is 4. The number of hydrogen-bond acceptors (Lipinski definition) is 6. The maximum absolute atomic E-state index is 12.1. The van der Waals surface area contributed by atoms with Crippen LogP contribution in [0.3, 0.4) is 0 Å². The number of fused-ring (bicyclic) bond motifs is 1. The lowest BCUT2D eigenvalue weighted by molar-refractivity contribution is 0.0954. The minimum absolute atomic E-state index is 0.154. The average molecular weight is 313 g/mol. The number of amides is 1. The van der Waals surface area contributed by atoms with Crippen LogP contribution in [0.15, 0.2) is 29.3 Å². The van der Waals surface area contributed by atoms with Crippen molar-refractivity contribution in [2.75, 3.05) is 12.3 Å². The quantitative estimate of drug-likeness (QED) is 0.601. The Morgan fingerprint density at radius 3 is 3.00 bits per heavy atom. The van der Waals surface area contributed by atoms with Crippen molar-refractivity contribution in [1.29, 1.82) is 0 Å². The Bertz CT molecular complexity index is 928. The summed E-state index contributed by atoms with van der Waals surface area (Å²) in [6, 6.07) is 2.93. The van der Waals surface area contributed by atoms with Crippen molar-refractivity contribution in [2.24, 2.45) is 7.05 Å². The summed E-state index contributed by atoms with van der Waals surface area (Å²) in [7, 11) is 1.79. The van der Waals surface area contributed by atoms with Gasteiger partial charge in [-0.05, 0) is 6.07 Å². The highest BCUT2D eigenvalue weighted by Crippen LogP contribution is 2.11. The first-order valence-electron chi connectivity index (χ1n) is 6.94. The number of H-pyrrole nitrogens is 1. The number of nitrogens with two attached hydrogens (primary N) is 1. The standard InChI is InChI=1S/C14H15N7O2/c1-21-10-4-8(6-17-9(10)7-18-21)14(23)16-3-2-12-19-11(15)5-13(22)20-12/h4-7H,2-3H2,1H3,(H,16,23)(H3,15,19,20,22). The van der Waals surface area contributed by atoms with Crippen LogP contribution in [-0.2, 0) is 13.5 Å². The van der Waals surface area contributed by atoms with Gasteiger partial charge in [0.05, 0.1) is 17.3 Å². The second-order valence-corrected chi connectivity index (χ2v) is 5.02. The molecule has 118 valence electrons. The van der Waals surface area contributed by atoms with Crippen LogP contribution in [0, 0.1) is 0 Å². The number of aryl methyl sites for hydroxylation is 1. The Labute approximate surface area is 130 Å². The summed E-state index contributed by atoms with van der Waals surface area (Å²) < 4.78 is 1.65. The van der Waals surface area contributed by atoms with Crippen molar-refractivity contribution in [3.63, 3.8) is 0 Å². The lowest BCUT2D eigenvalue weighted by atomic mass is 10.2. The molecule has 3 aromatic rings. The number of nitrogen functional groups attached to an aromatic ring is 1. The summed E-state index contributed by atoms with van der Waals surface area (Å²) in [5.41, 5.74) is 7.13. The minimum atomic E-state index is -0.315. The van der Waals surface area contributed by atoms with Gasteiger partial charge in [0.15, 0.2) is 0 Å². The van der Waals surface area contributed by atoms with E-state index < -0.39 is 0 Å². The van der Waals surface area contributed by atoms with Gasteiger partial charge in [-0.1, -0.05) is 0 Å². The molecule has 1 amide bonds. The van der Waals surface area contributed by atoms with Gasteiger partial charge in [0.2, 0.25) is 0 Å². The van der Waals surface area contributed by atoms with Gasteiger partial charge >= 0.3 is 0 Å². The normalized spacial score (nSPS) is 10.8. The number of nitrogens with zero attached hydrogens (tertiary/aromatic N) is 4. The highest BCUT2D eigenvalue weighted by Gasteiger charge is 2.09. The van der Waals surface area contributed by atoms with E-state index in [4.69, 9.17) is 5.73 Å². The molecule has 3 heterocycles. The molecule has 0 atom stereocenters. The molecule has 0 spiro atoms. The maximum Gasteiger partial charge on any atom is 0.252 e. The van der Waals surface area contributed by atoms with Crippen molar-refractivity contribution in [3.05, 3.63) is 46.3 Å². The van der Waals surface area contributed by atoms with Crippen LogP contribution in [0.1, 0.15) is 16.2 Å². The molecular formula is C14H15N7O2. The predicted molar refractivity (Wildman–Crippen MR) is 83.8 cm³/mol. The molecule has 4 N–H and O–H groups in total. The summed E-state index contributed by atoms with van der Waals surface area (Å²) in [5.74, 6) is 0.322. The third-order valence-corrected chi connectivity index (χ3v) is 3.32. The number of carbonyl (C=O) groups is 1. The van der Waals surface area contributed by atoms with Gasteiger partial charge in [-0.15, -0.1) is 0 Å². The molecule has 0 aliphatic heterocycles. The highest BCUT2D eigenvalue weighted by molar-refractivity contribution is 5.96. The third kappa shape index (κ3) is 3.18. The van der Waals surface area contributed by atoms with Gasteiger partial charge in [0.25, 0.3) is 11.5 Å². The minimum Gasteiger partial charge on any atom is -0.383 e. The van der Waals surface area contributed by atoms with Gasteiger partial charge in [-0.2, -0.15) is 5.10 Å². The van der Waals surface area contributed by atoms with Gasteiger partial charge in [-0.3, -0.25) is 19.3 Å². The molecule has 23 heavy (non-hydrogen) atoms. The highest BCUT2D eigenvalue weighted by atomic mass is 16.1. The van der Waals surface area contributed by atoms with Crippen molar-refractivity contribution in [1.82, 2.24) is 30.0 Å². The van der Waals surface area contributed by atoms with Gasteiger partial charge in [0.1, 0.15) is 17.2 Å². The van der Waals surface area contributed by atoms with Crippen LogP contribution in [-0.4, -0.2) is 37.2 Å². The van der Waals surface area contributed by atoms with E-state index >= 15 is 0 Å². The van der Waals surface area contributed by atoms with E-state index in [1.165, 1.54) is 12.3 Å². The van der Waals surface area contributed by atoms with Crippen LogP contribution in [0.2, 0.25) is 0 Å². The van der Waals surface area contributed by atoms with E-state index in [9.17, 15) is 9.59 Å². The summed E-state index contributed by atoms with van der Waals surface area (Å²) in [6.07, 6.45) is 3.51. The van der Waals surface area contributed by atoms with Crippen molar-refractivity contribution >= 4 is 22.8 Å². The number of hydrogen-bond donors (Lipinski definition) is 3. The predicted octanol–water partition coefficient (Wildman–Crippen LogP) is -0.394. The molecular weight excluding hydrogens is 298 g/mol. The van der Waals surface area contributed by atoms with E-state index in [1.807, 2.05) is 0 Å². The Morgan fingerprint density at radius 1 is 1.39 bits per heavy atom. The van der Waals surface area contributed by atoms with Crippen LogP contribution < -0.4 is 16.6 Å². The fraction of sp³-hybridized carbons (Fsp3) is 0.214. The van der Waals surface area contributed by atoms with E-state index in [1.54, 1.807) is 24.0 Å². The Hall–Kier alpha value is -3.23. The first-order chi connectivity index (χ1) is 11.0. The Morgan fingerprint density at radius 2 is 2.22 bits per heavy atom. The average Bonchev–Trinajstić information content (AvgIpc) is 2.87. The van der Waals surface area contributed by atoms with Crippen LogP contribution in [0.25, 0.3) is 11.0 Å². The van der Waals surface area contributed by atoms with Crippen molar-refractivity contribution < 1.29 is 4.79 Å². The van der Waals surface area contributed by atoms with Crippen LogP contribution >= 0.6 is 0 Å². The zero-order valence-corrected chi connectivity index (χ0v) is 12.4. The monoisotopic (exact) mass is 313 g/mol. The van der Waals surface area contributed by atoms with E-state index in [0.717, 1.165) is 11.0 Å². The molecule has 0 radical (unpaired) electrons. The van der Waals surface area contributed by atoms with E-state index in [0.29, 0.717) is 24.4 Å². The van der Waals surface area contributed by atoms with E-state index in [-0.39, 0.29) is 17.3 Å². The van der Waals surface area contributed by atoms with Gasteiger partial charge in [0, 0.05) is 32.3 Å². The molecule has 9 nitrogen and oxygen atoms in total. The third-order valence-electron chi connectivity index (χ3n) is 3.32. The molecule has 0 fully saturated rings. The number of pyridine rings is 1.